The number of benzene rings is 1. The van der Waals surface area contributed by atoms with Crippen LogP contribution in [0.3, 0.4) is 0 Å². The Balaban J connectivity index is 2.42. The molecule has 0 saturated heterocycles. The van der Waals surface area contributed by atoms with Crippen molar-refractivity contribution in [3.05, 3.63) is 46.0 Å². The fourth-order valence-corrected chi connectivity index (χ4v) is 2.70. The molecule has 5 heteroatoms. The van der Waals surface area contributed by atoms with Crippen molar-refractivity contribution in [2.45, 2.75) is 11.8 Å². The molecule has 0 aromatic heterocycles. The number of allylic oxidation sites excluding steroid dienone is 1. The second kappa shape index (κ2) is 4.03. The molecule has 1 aliphatic rings. The van der Waals surface area contributed by atoms with Gasteiger partial charge in [0.2, 0.25) is 4.87 Å². The van der Waals surface area contributed by atoms with Crippen LogP contribution in [-0.2, 0) is 9.67 Å². The van der Waals surface area contributed by atoms with Crippen LogP contribution in [0.25, 0.3) is 0 Å². The number of carbonyl (C=O) groups is 1. The summed E-state index contributed by atoms with van der Waals surface area (Å²) in [5.41, 5.74) is 1.53. The zero-order valence-electron chi connectivity index (χ0n) is 8.53. The summed E-state index contributed by atoms with van der Waals surface area (Å²) < 4.78 is 0. The fourth-order valence-electron chi connectivity index (χ4n) is 1.57. The summed E-state index contributed by atoms with van der Waals surface area (Å²) in [7, 11) is 0. The molecule has 1 aliphatic heterocycles. The minimum Gasteiger partial charge on any atom is -0.479 e. The third kappa shape index (κ3) is 1.79. The maximum absolute atomic E-state index is 11.4. The van der Waals surface area contributed by atoms with Gasteiger partial charge in [0, 0.05) is 10.7 Å². The van der Waals surface area contributed by atoms with Gasteiger partial charge in [-0.1, -0.05) is 35.5 Å². The van der Waals surface area contributed by atoms with E-state index in [2.05, 4.69) is 5.32 Å². The van der Waals surface area contributed by atoms with E-state index < -0.39 is 10.8 Å². The van der Waals surface area contributed by atoms with Crippen molar-refractivity contribution in [3.63, 3.8) is 0 Å². The van der Waals surface area contributed by atoms with Crippen LogP contribution < -0.4 is 5.32 Å². The lowest BCUT2D eigenvalue weighted by Gasteiger charge is -2.25. The third-order valence-electron chi connectivity index (χ3n) is 2.34. The van der Waals surface area contributed by atoms with Gasteiger partial charge in [-0.05, 0) is 30.0 Å². The van der Waals surface area contributed by atoms with Gasteiger partial charge in [0.25, 0.3) is 0 Å². The summed E-state index contributed by atoms with van der Waals surface area (Å²) in [6.45, 7) is 1.84. The average molecular weight is 256 g/mol. The Morgan fingerprint density at radius 3 is 2.50 bits per heavy atom. The molecule has 0 spiro atoms. The number of nitrogens with one attached hydrogen (secondary N) is 1. The molecule has 1 atom stereocenters. The van der Waals surface area contributed by atoms with Gasteiger partial charge < -0.3 is 10.4 Å². The van der Waals surface area contributed by atoms with E-state index in [1.807, 2.05) is 12.3 Å². The second-order valence-corrected chi connectivity index (χ2v) is 5.06. The molecule has 3 nitrogen and oxygen atoms in total. The highest BCUT2D eigenvalue weighted by Gasteiger charge is 2.43. The monoisotopic (exact) mass is 255 g/mol. The number of carboxylic acid groups (broad SMARTS) is 1. The van der Waals surface area contributed by atoms with E-state index in [-0.39, 0.29) is 0 Å². The van der Waals surface area contributed by atoms with Crippen molar-refractivity contribution in [2.24, 2.45) is 0 Å². The molecule has 0 saturated carbocycles. The maximum atomic E-state index is 11.4. The molecule has 0 radical (unpaired) electrons. The van der Waals surface area contributed by atoms with Gasteiger partial charge in [0.15, 0.2) is 0 Å². The van der Waals surface area contributed by atoms with Crippen molar-refractivity contribution in [1.82, 2.24) is 5.32 Å². The van der Waals surface area contributed by atoms with Crippen molar-refractivity contribution >= 4 is 29.3 Å². The van der Waals surface area contributed by atoms with Crippen LogP contribution in [-0.4, -0.2) is 11.1 Å². The van der Waals surface area contributed by atoms with Crippen LogP contribution in [0.5, 0.6) is 0 Å². The number of thioether (sulfide) groups is 1. The Bertz CT molecular complexity index is 458. The first-order chi connectivity index (χ1) is 7.54. The number of halogens is 1. The number of rotatable bonds is 2. The first-order valence-electron chi connectivity index (χ1n) is 4.67. The van der Waals surface area contributed by atoms with Crippen LogP contribution in [0, 0.1) is 0 Å². The molecule has 84 valence electrons. The summed E-state index contributed by atoms with van der Waals surface area (Å²) >= 11 is 7.03. The molecule has 0 fully saturated rings. The van der Waals surface area contributed by atoms with E-state index in [1.165, 1.54) is 11.8 Å². The summed E-state index contributed by atoms with van der Waals surface area (Å²) in [6.07, 6.45) is 0. The summed E-state index contributed by atoms with van der Waals surface area (Å²) in [5, 5.41) is 14.7. The Kier molecular flexibility index (Phi) is 2.86. The average Bonchev–Trinajstić information content (AvgIpc) is 2.63. The molecule has 16 heavy (non-hydrogen) atoms. The molecule has 1 aromatic carbocycles. The van der Waals surface area contributed by atoms with Crippen LogP contribution in [0.2, 0.25) is 5.02 Å². The lowest BCUT2D eigenvalue weighted by atomic mass is 10.1. The van der Waals surface area contributed by atoms with Gasteiger partial charge in [0.1, 0.15) is 0 Å². The number of aliphatic carboxylic acids is 1. The van der Waals surface area contributed by atoms with Gasteiger partial charge in [-0.3, -0.25) is 0 Å². The van der Waals surface area contributed by atoms with E-state index in [1.54, 1.807) is 24.3 Å². The van der Waals surface area contributed by atoms with Crippen molar-refractivity contribution in [3.8, 4) is 0 Å². The topological polar surface area (TPSA) is 49.3 Å². The van der Waals surface area contributed by atoms with Crippen LogP contribution in [0.4, 0.5) is 0 Å². The lowest BCUT2D eigenvalue weighted by Crippen LogP contribution is -2.42. The Labute approximate surface area is 102 Å². The Morgan fingerprint density at radius 2 is 2.06 bits per heavy atom. The summed E-state index contributed by atoms with van der Waals surface area (Å²) in [4.78, 5) is 10.3. The smallest absolute Gasteiger partial charge is 0.345 e. The number of hydrogen-bond acceptors (Lipinski definition) is 3. The lowest BCUT2D eigenvalue weighted by molar-refractivity contribution is -0.140. The molecule has 1 unspecified atom stereocenters. The van der Waals surface area contributed by atoms with Crippen LogP contribution >= 0.6 is 23.4 Å². The first-order valence-corrected chi connectivity index (χ1v) is 5.92. The summed E-state index contributed by atoms with van der Waals surface area (Å²) in [6, 6.07) is 6.83. The normalized spacial score (nSPS) is 23.8. The quantitative estimate of drug-likeness (QED) is 0.853. The standard InChI is InChI=1S/C11H10ClNO2S/c1-7-6-16-11(13-7,10(14)15)8-2-4-9(12)5-3-8/h2-6,13H,1H3,(H,14,15). The molecular formula is C11H10ClNO2S. The number of carboxylic acids is 1. The van der Waals surface area contributed by atoms with E-state index in [0.29, 0.717) is 10.6 Å². The highest BCUT2D eigenvalue weighted by Crippen LogP contribution is 2.41. The van der Waals surface area contributed by atoms with Crippen LogP contribution in [0.1, 0.15) is 12.5 Å². The van der Waals surface area contributed by atoms with Crippen molar-refractivity contribution < 1.29 is 9.90 Å². The van der Waals surface area contributed by atoms with Gasteiger partial charge in [0.05, 0.1) is 0 Å². The zero-order valence-corrected chi connectivity index (χ0v) is 10.1. The molecular weight excluding hydrogens is 246 g/mol. The van der Waals surface area contributed by atoms with Crippen molar-refractivity contribution in [1.29, 1.82) is 0 Å². The maximum Gasteiger partial charge on any atom is 0.345 e. The summed E-state index contributed by atoms with van der Waals surface area (Å²) in [5.74, 6) is -0.909. The fraction of sp³-hybridized carbons (Fsp3) is 0.182. The minimum atomic E-state index is -1.12. The Morgan fingerprint density at radius 1 is 1.44 bits per heavy atom. The second-order valence-electron chi connectivity index (χ2n) is 3.54. The van der Waals surface area contributed by atoms with Gasteiger partial charge in [-0.2, -0.15) is 0 Å². The molecule has 1 aromatic rings. The molecule has 1 heterocycles. The van der Waals surface area contributed by atoms with E-state index in [4.69, 9.17) is 11.6 Å². The first kappa shape index (κ1) is 11.4. The zero-order chi connectivity index (χ0) is 11.8. The Hall–Kier alpha value is -1.13. The SMILES string of the molecule is CC1=CSC(C(=O)O)(c2ccc(Cl)cc2)N1. The highest BCUT2D eigenvalue weighted by molar-refractivity contribution is 8.03. The van der Waals surface area contributed by atoms with E-state index in [0.717, 1.165) is 5.70 Å². The van der Waals surface area contributed by atoms with Gasteiger partial charge >= 0.3 is 5.97 Å². The molecule has 0 aliphatic carbocycles. The molecule has 0 bridgehead atoms. The predicted octanol–water partition coefficient (Wildman–Crippen LogP) is 2.78. The minimum absolute atomic E-state index is 0.594. The van der Waals surface area contributed by atoms with E-state index >= 15 is 0 Å². The third-order valence-corrected chi connectivity index (χ3v) is 3.93. The van der Waals surface area contributed by atoms with Gasteiger partial charge in [-0.25, -0.2) is 4.79 Å². The molecule has 0 amide bonds. The van der Waals surface area contributed by atoms with Crippen molar-refractivity contribution in [2.75, 3.05) is 0 Å². The largest absolute Gasteiger partial charge is 0.479 e. The number of hydrogen-bond donors (Lipinski definition) is 2. The highest BCUT2D eigenvalue weighted by atomic mass is 35.5. The molecule has 2 N–H and O–H groups in total. The van der Waals surface area contributed by atoms with Crippen LogP contribution in [0.15, 0.2) is 35.4 Å². The molecule has 2 rings (SSSR count). The van der Waals surface area contributed by atoms with E-state index in [9.17, 15) is 9.90 Å². The van der Waals surface area contributed by atoms with Gasteiger partial charge in [-0.15, -0.1) is 0 Å². The predicted molar refractivity (Wildman–Crippen MR) is 65.2 cm³/mol.